The van der Waals surface area contributed by atoms with Crippen molar-refractivity contribution in [2.45, 2.75) is 19.8 Å². The fourth-order valence-corrected chi connectivity index (χ4v) is 3.80. The zero-order valence-electron chi connectivity index (χ0n) is 11.6. The van der Waals surface area contributed by atoms with Gasteiger partial charge in [-0.15, -0.1) is 22.7 Å². The number of hydrogen-bond donors (Lipinski definition) is 3. The Morgan fingerprint density at radius 2 is 2.14 bits per heavy atom. The Morgan fingerprint density at radius 3 is 2.71 bits per heavy atom. The largest absolute Gasteiger partial charge is 0.397 e. The van der Waals surface area contributed by atoms with Crippen LogP contribution in [0.15, 0.2) is 17.5 Å². The molecule has 0 aliphatic carbocycles. The quantitative estimate of drug-likeness (QED) is 0.682. The molecule has 0 saturated heterocycles. The van der Waals surface area contributed by atoms with Crippen LogP contribution in [-0.4, -0.2) is 18.2 Å². The number of thiophene rings is 2. The van der Waals surface area contributed by atoms with Gasteiger partial charge in [-0.1, -0.05) is 13.0 Å². The van der Waals surface area contributed by atoms with Crippen molar-refractivity contribution in [2.24, 2.45) is 5.73 Å². The summed E-state index contributed by atoms with van der Waals surface area (Å²) >= 11 is 2.88. The molecule has 0 spiro atoms. The second-order valence-electron chi connectivity index (χ2n) is 4.45. The van der Waals surface area contributed by atoms with Gasteiger partial charge in [0, 0.05) is 17.8 Å². The van der Waals surface area contributed by atoms with Crippen LogP contribution in [0.1, 0.15) is 38.3 Å². The van der Waals surface area contributed by atoms with Crippen molar-refractivity contribution < 1.29 is 9.59 Å². The number of nitrogen functional groups attached to an aromatic ring is 1. The van der Waals surface area contributed by atoms with Crippen molar-refractivity contribution in [3.63, 3.8) is 0 Å². The Balaban J connectivity index is 2.17. The average Bonchev–Trinajstić information content (AvgIpc) is 3.06. The van der Waals surface area contributed by atoms with E-state index in [9.17, 15) is 9.59 Å². The van der Waals surface area contributed by atoms with E-state index in [1.54, 1.807) is 18.3 Å². The zero-order chi connectivity index (χ0) is 15.4. The number of nitrogens with one attached hydrogen (secondary N) is 1. The van der Waals surface area contributed by atoms with Crippen LogP contribution in [0.2, 0.25) is 0 Å². The molecule has 112 valence electrons. The van der Waals surface area contributed by atoms with Crippen molar-refractivity contribution in [2.75, 3.05) is 17.6 Å². The molecule has 0 aliphatic heterocycles. The lowest BCUT2D eigenvalue weighted by Gasteiger charge is -2.04. The molecule has 2 aromatic rings. The molecule has 5 N–H and O–H groups in total. The maximum atomic E-state index is 11.8. The first-order valence-corrected chi connectivity index (χ1v) is 8.25. The van der Waals surface area contributed by atoms with Crippen molar-refractivity contribution >= 4 is 45.1 Å². The van der Waals surface area contributed by atoms with Gasteiger partial charge in [0.25, 0.3) is 5.91 Å². The molecule has 0 unspecified atom stereocenters. The molecule has 0 bridgehead atoms. The van der Waals surface area contributed by atoms with Gasteiger partial charge in [0.05, 0.1) is 16.1 Å². The molecular formula is C14H17N3O2S2. The third-order valence-corrected chi connectivity index (χ3v) is 5.14. The number of carbonyl (C=O) groups excluding carboxylic acids is 2. The topological polar surface area (TPSA) is 98.2 Å². The Hall–Kier alpha value is -1.86. The van der Waals surface area contributed by atoms with Crippen LogP contribution in [-0.2, 0) is 6.42 Å². The predicted molar refractivity (Wildman–Crippen MR) is 88.4 cm³/mol. The molecule has 2 heterocycles. The summed E-state index contributed by atoms with van der Waals surface area (Å²) in [5.74, 6) is -0.691. The number of rotatable bonds is 7. The summed E-state index contributed by atoms with van der Waals surface area (Å²) in [5.41, 5.74) is 11.7. The molecule has 5 nitrogen and oxygen atoms in total. The average molecular weight is 323 g/mol. The zero-order valence-corrected chi connectivity index (χ0v) is 13.3. The summed E-state index contributed by atoms with van der Waals surface area (Å²) in [5, 5.41) is 5.76. The van der Waals surface area contributed by atoms with Crippen LogP contribution in [0.5, 0.6) is 0 Å². The Labute approximate surface area is 131 Å². The second kappa shape index (κ2) is 6.73. The molecule has 2 rings (SSSR count). The van der Waals surface area contributed by atoms with Crippen LogP contribution in [0.4, 0.5) is 10.7 Å². The highest BCUT2D eigenvalue weighted by molar-refractivity contribution is 7.19. The minimum absolute atomic E-state index is 0.0775. The summed E-state index contributed by atoms with van der Waals surface area (Å²) < 4.78 is 0. The van der Waals surface area contributed by atoms with Gasteiger partial charge in [0.1, 0.15) is 5.00 Å². The minimum atomic E-state index is -0.613. The summed E-state index contributed by atoms with van der Waals surface area (Å²) in [6.45, 7) is 2.41. The van der Waals surface area contributed by atoms with E-state index in [0.717, 1.165) is 6.42 Å². The molecule has 0 aliphatic rings. The van der Waals surface area contributed by atoms with E-state index in [4.69, 9.17) is 11.5 Å². The van der Waals surface area contributed by atoms with Crippen molar-refractivity contribution in [1.82, 2.24) is 0 Å². The van der Waals surface area contributed by atoms with E-state index < -0.39 is 5.91 Å². The van der Waals surface area contributed by atoms with E-state index in [1.807, 2.05) is 11.4 Å². The molecule has 2 aromatic heterocycles. The standard InChI is InChI=1S/C14H17N3O2S2/c1-2-9(18)12-11(15)10(13(16)19)14(21-12)17-6-5-8-4-3-7-20-8/h3-4,7,17H,2,5-6,15H2,1H3,(H2,16,19). The van der Waals surface area contributed by atoms with Crippen molar-refractivity contribution in [3.05, 3.63) is 32.8 Å². The van der Waals surface area contributed by atoms with Gasteiger partial charge in [-0.2, -0.15) is 0 Å². The van der Waals surface area contributed by atoms with Crippen molar-refractivity contribution in [1.29, 1.82) is 0 Å². The van der Waals surface area contributed by atoms with Crippen LogP contribution < -0.4 is 16.8 Å². The highest BCUT2D eigenvalue weighted by Crippen LogP contribution is 2.36. The third kappa shape index (κ3) is 3.43. The van der Waals surface area contributed by atoms with E-state index in [2.05, 4.69) is 11.4 Å². The molecule has 0 saturated carbocycles. The summed E-state index contributed by atoms with van der Waals surface area (Å²) in [6.07, 6.45) is 1.18. The predicted octanol–water partition coefficient (Wildman–Crippen LogP) is 2.74. The van der Waals surface area contributed by atoms with Gasteiger partial charge < -0.3 is 16.8 Å². The van der Waals surface area contributed by atoms with Gasteiger partial charge >= 0.3 is 0 Å². The van der Waals surface area contributed by atoms with E-state index in [1.165, 1.54) is 16.2 Å². The first kappa shape index (κ1) is 15.5. The van der Waals surface area contributed by atoms with Gasteiger partial charge in [-0.05, 0) is 17.9 Å². The number of nitrogens with two attached hydrogens (primary N) is 2. The number of anilines is 2. The fraction of sp³-hybridized carbons (Fsp3) is 0.286. The second-order valence-corrected chi connectivity index (χ2v) is 6.50. The number of primary amides is 1. The maximum absolute atomic E-state index is 11.8. The molecular weight excluding hydrogens is 306 g/mol. The molecule has 0 fully saturated rings. The lowest BCUT2D eigenvalue weighted by molar-refractivity contribution is 0.0991. The van der Waals surface area contributed by atoms with Crippen LogP contribution >= 0.6 is 22.7 Å². The Morgan fingerprint density at radius 1 is 1.38 bits per heavy atom. The lowest BCUT2D eigenvalue weighted by Crippen LogP contribution is -2.15. The monoisotopic (exact) mass is 323 g/mol. The molecule has 7 heteroatoms. The molecule has 0 radical (unpaired) electrons. The Bertz CT molecular complexity index is 647. The number of Topliss-reactive ketones (excluding diaryl/α,β-unsaturated/α-hetero) is 1. The number of hydrogen-bond acceptors (Lipinski definition) is 6. The van der Waals surface area contributed by atoms with Crippen molar-refractivity contribution in [3.8, 4) is 0 Å². The van der Waals surface area contributed by atoms with Crippen LogP contribution in [0.3, 0.4) is 0 Å². The Kier molecular flexibility index (Phi) is 4.98. The lowest BCUT2D eigenvalue weighted by atomic mass is 10.1. The first-order chi connectivity index (χ1) is 10.0. The summed E-state index contributed by atoms with van der Waals surface area (Å²) in [4.78, 5) is 25.0. The van der Waals surface area contributed by atoms with Gasteiger partial charge in [-0.25, -0.2) is 0 Å². The smallest absolute Gasteiger partial charge is 0.253 e. The summed E-state index contributed by atoms with van der Waals surface area (Å²) in [6, 6.07) is 4.05. The van der Waals surface area contributed by atoms with E-state index in [0.29, 0.717) is 22.8 Å². The first-order valence-electron chi connectivity index (χ1n) is 6.56. The van der Waals surface area contributed by atoms with Gasteiger partial charge in [0.15, 0.2) is 5.78 Å². The highest BCUT2D eigenvalue weighted by atomic mass is 32.1. The van der Waals surface area contributed by atoms with Crippen LogP contribution in [0.25, 0.3) is 0 Å². The maximum Gasteiger partial charge on any atom is 0.253 e. The minimum Gasteiger partial charge on any atom is -0.397 e. The normalized spacial score (nSPS) is 10.5. The molecule has 21 heavy (non-hydrogen) atoms. The number of amides is 1. The fourth-order valence-electron chi connectivity index (χ4n) is 1.93. The highest BCUT2D eigenvalue weighted by Gasteiger charge is 2.23. The number of ketones is 1. The van der Waals surface area contributed by atoms with Gasteiger partial charge in [0.2, 0.25) is 0 Å². The molecule has 0 aromatic carbocycles. The van der Waals surface area contributed by atoms with Gasteiger partial charge in [-0.3, -0.25) is 9.59 Å². The third-order valence-electron chi connectivity index (χ3n) is 3.00. The molecule has 1 amide bonds. The summed E-state index contributed by atoms with van der Waals surface area (Å²) in [7, 11) is 0. The van der Waals surface area contributed by atoms with E-state index >= 15 is 0 Å². The van der Waals surface area contributed by atoms with E-state index in [-0.39, 0.29) is 17.0 Å². The van der Waals surface area contributed by atoms with Crippen LogP contribution in [0, 0.1) is 0 Å². The SMILES string of the molecule is CCC(=O)c1sc(NCCc2cccs2)c(C(N)=O)c1N. The molecule has 0 atom stereocenters. The number of carbonyl (C=O) groups is 2.